The molecular formula is C15H13NO4. The van der Waals surface area contributed by atoms with Crippen LogP contribution in [0.1, 0.15) is 20.7 Å². The molecule has 0 aliphatic rings. The van der Waals surface area contributed by atoms with E-state index in [9.17, 15) is 9.59 Å². The second-order valence-corrected chi connectivity index (χ2v) is 3.96. The Morgan fingerprint density at radius 3 is 2.45 bits per heavy atom. The summed E-state index contributed by atoms with van der Waals surface area (Å²) >= 11 is 0. The van der Waals surface area contributed by atoms with E-state index in [2.05, 4.69) is 9.72 Å². The fourth-order valence-electron chi connectivity index (χ4n) is 1.82. The molecule has 0 saturated carbocycles. The normalized spacial score (nSPS) is 9.90. The lowest BCUT2D eigenvalue weighted by atomic mass is 10.0. The Balaban J connectivity index is 2.52. The van der Waals surface area contributed by atoms with Gasteiger partial charge in [0, 0.05) is 11.8 Å². The molecule has 0 N–H and O–H groups in total. The zero-order valence-electron chi connectivity index (χ0n) is 11.1. The van der Waals surface area contributed by atoms with Crippen LogP contribution in [-0.2, 0) is 9.47 Å². The summed E-state index contributed by atoms with van der Waals surface area (Å²) in [5.41, 5.74) is 1.85. The van der Waals surface area contributed by atoms with Crippen LogP contribution in [0.3, 0.4) is 0 Å². The molecule has 1 aromatic heterocycles. The molecule has 0 radical (unpaired) electrons. The standard InChI is InChI=1S/C15H13NO4/c1-19-14(17)11-6-3-5-10(9-11)13-12(15(18)20-2)7-4-8-16-13/h3-9H,1-2H3. The first-order valence-corrected chi connectivity index (χ1v) is 5.89. The van der Waals surface area contributed by atoms with E-state index in [1.54, 1.807) is 42.6 Å². The average molecular weight is 271 g/mol. The molecule has 0 saturated heterocycles. The Bertz CT molecular complexity index is 652. The van der Waals surface area contributed by atoms with E-state index in [1.165, 1.54) is 14.2 Å². The number of nitrogens with zero attached hydrogens (tertiary/aromatic N) is 1. The van der Waals surface area contributed by atoms with Crippen LogP contribution in [0.15, 0.2) is 42.6 Å². The molecule has 5 nitrogen and oxygen atoms in total. The van der Waals surface area contributed by atoms with Gasteiger partial charge in [0.05, 0.1) is 31.0 Å². The second kappa shape index (κ2) is 5.97. The number of esters is 2. The number of benzene rings is 1. The lowest BCUT2D eigenvalue weighted by Crippen LogP contribution is -2.05. The topological polar surface area (TPSA) is 65.5 Å². The van der Waals surface area contributed by atoms with Crippen LogP contribution in [0.4, 0.5) is 0 Å². The Labute approximate surface area is 116 Å². The maximum Gasteiger partial charge on any atom is 0.340 e. The van der Waals surface area contributed by atoms with Gasteiger partial charge in [-0.05, 0) is 24.3 Å². The molecule has 0 fully saturated rings. The molecule has 2 aromatic rings. The molecule has 20 heavy (non-hydrogen) atoms. The minimum Gasteiger partial charge on any atom is -0.465 e. The summed E-state index contributed by atoms with van der Waals surface area (Å²) < 4.78 is 9.40. The predicted octanol–water partition coefficient (Wildman–Crippen LogP) is 2.32. The van der Waals surface area contributed by atoms with E-state index < -0.39 is 11.9 Å². The van der Waals surface area contributed by atoms with Crippen molar-refractivity contribution < 1.29 is 19.1 Å². The molecule has 0 aliphatic carbocycles. The Kier molecular flexibility index (Phi) is 4.10. The molecule has 2 rings (SSSR count). The fourth-order valence-corrected chi connectivity index (χ4v) is 1.82. The van der Waals surface area contributed by atoms with Crippen LogP contribution in [0.2, 0.25) is 0 Å². The van der Waals surface area contributed by atoms with E-state index >= 15 is 0 Å². The highest BCUT2D eigenvalue weighted by molar-refractivity contribution is 5.97. The maximum absolute atomic E-state index is 11.7. The van der Waals surface area contributed by atoms with E-state index in [-0.39, 0.29) is 0 Å². The Morgan fingerprint density at radius 2 is 1.75 bits per heavy atom. The summed E-state index contributed by atoms with van der Waals surface area (Å²) in [5.74, 6) is -0.918. The lowest BCUT2D eigenvalue weighted by Gasteiger charge is -2.08. The average Bonchev–Trinajstić information content (AvgIpc) is 2.53. The fraction of sp³-hybridized carbons (Fsp3) is 0.133. The summed E-state index contributed by atoms with van der Waals surface area (Å²) in [6.07, 6.45) is 1.58. The zero-order valence-corrected chi connectivity index (χ0v) is 11.1. The SMILES string of the molecule is COC(=O)c1cccc(-c2ncccc2C(=O)OC)c1. The van der Waals surface area contributed by atoms with Gasteiger partial charge in [-0.25, -0.2) is 9.59 Å². The number of hydrogen-bond donors (Lipinski definition) is 0. The molecule has 0 atom stereocenters. The van der Waals surface area contributed by atoms with Crippen molar-refractivity contribution in [3.8, 4) is 11.3 Å². The molecule has 1 aromatic carbocycles. The summed E-state index contributed by atoms with van der Waals surface area (Å²) in [7, 11) is 2.62. The van der Waals surface area contributed by atoms with Crippen molar-refractivity contribution in [2.45, 2.75) is 0 Å². The molecule has 0 spiro atoms. The third kappa shape index (κ3) is 2.66. The maximum atomic E-state index is 11.7. The molecule has 102 valence electrons. The van der Waals surface area contributed by atoms with E-state index in [0.717, 1.165) is 0 Å². The van der Waals surface area contributed by atoms with Crippen LogP contribution in [-0.4, -0.2) is 31.1 Å². The van der Waals surface area contributed by atoms with Crippen LogP contribution in [0, 0.1) is 0 Å². The van der Waals surface area contributed by atoms with Gasteiger partial charge in [0.2, 0.25) is 0 Å². The van der Waals surface area contributed by atoms with Crippen molar-refractivity contribution in [3.05, 3.63) is 53.7 Å². The molecule has 0 unspecified atom stereocenters. The molecule has 1 heterocycles. The van der Waals surface area contributed by atoms with E-state index in [1.807, 2.05) is 0 Å². The van der Waals surface area contributed by atoms with Crippen LogP contribution < -0.4 is 0 Å². The van der Waals surface area contributed by atoms with Crippen molar-refractivity contribution in [3.63, 3.8) is 0 Å². The number of rotatable bonds is 3. The lowest BCUT2D eigenvalue weighted by molar-refractivity contribution is 0.0593. The number of methoxy groups -OCH3 is 2. The van der Waals surface area contributed by atoms with Gasteiger partial charge >= 0.3 is 11.9 Å². The van der Waals surface area contributed by atoms with Gasteiger partial charge in [0.1, 0.15) is 0 Å². The monoisotopic (exact) mass is 271 g/mol. The molecule has 0 bridgehead atoms. The first kappa shape index (κ1) is 13.7. The van der Waals surface area contributed by atoms with Crippen molar-refractivity contribution >= 4 is 11.9 Å². The van der Waals surface area contributed by atoms with Crippen LogP contribution in [0.25, 0.3) is 11.3 Å². The van der Waals surface area contributed by atoms with Crippen molar-refractivity contribution in [2.24, 2.45) is 0 Å². The summed E-state index contributed by atoms with van der Waals surface area (Å²) in [6, 6.07) is 10.0. The zero-order chi connectivity index (χ0) is 14.5. The number of ether oxygens (including phenoxy) is 2. The number of carbonyl (C=O) groups is 2. The third-order valence-electron chi connectivity index (χ3n) is 2.77. The Hall–Kier alpha value is -2.69. The van der Waals surface area contributed by atoms with Crippen molar-refractivity contribution in [1.29, 1.82) is 0 Å². The van der Waals surface area contributed by atoms with Gasteiger partial charge in [-0.15, -0.1) is 0 Å². The van der Waals surface area contributed by atoms with Crippen molar-refractivity contribution in [1.82, 2.24) is 4.98 Å². The molecular weight excluding hydrogens is 258 g/mol. The molecule has 0 amide bonds. The van der Waals surface area contributed by atoms with E-state index in [0.29, 0.717) is 22.4 Å². The number of hydrogen-bond acceptors (Lipinski definition) is 5. The van der Waals surface area contributed by atoms with Crippen LogP contribution in [0.5, 0.6) is 0 Å². The quantitative estimate of drug-likeness (QED) is 0.801. The van der Waals surface area contributed by atoms with Crippen molar-refractivity contribution in [2.75, 3.05) is 14.2 Å². The van der Waals surface area contributed by atoms with Gasteiger partial charge in [0.15, 0.2) is 0 Å². The van der Waals surface area contributed by atoms with Crippen LogP contribution >= 0.6 is 0 Å². The van der Waals surface area contributed by atoms with Gasteiger partial charge in [-0.3, -0.25) is 4.98 Å². The third-order valence-corrected chi connectivity index (χ3v) is 2.77. The largest absolute Gasteiger partial charge is 0.465 e. The minimum atomic E-state index is -0.475. The van der Waals surface area contributed by atoms with Gasteiger partial charge in [-0.2, -0.15) is 0 Å². The number of carbonyl (C=O) groups excluding carboxylic acids is 2. The summed E-state index contributed by atoms with van der Waals surface area (Å²) in [4.78, 5) is 27.5. The molecule has 0 aliphatic heterocycles. The van der Waals surface area contributed by atoms with Gasteiger partial charge < -0.3 is 9.47 Å². The highest BCUT2D eigenvalue weighted by Gasteiger charge is 2.15. The molecule has 5 heteroatoms. The van der Waals surface area contributed by atoms with Gasteiger partial charge in [0.25, 0.3) is 0 Å². The summed E-state index contributed by atoms with van der Waals surface area (Å²) in [5, 5.41) is 0. The second-order valence-electron chi connectivity index (χ2n) is 3.96. The predicted molar refractivity (Wildman–Crippen MR) is 72.4 cm³/mol. The first-order chi connectivity index (χ1) is 9.67. The smallest absolute Gasteiger partial charge is 0.340 e. The van der Waals surface area contributed by atoms with E-state index in [4.69, 9.17) is 4.74 Å². The Morgan fingerprint density at radius 1 is 1.00 bits per heavy atom. The summed E-state index contributed by atoms with van der Waals surface area (Å²) in [6.45, 7) is 0. The number of pyridine rings is 1. The minimum absolute atomic E-state index is 0.344. The van der Waals surface area contributed by atoms with Gasteiger partial charge in [-0.1, -0.05) is 12.1 Å². The highest BCUT2D eigenvalue weighted by atomic mass is 16.5. The highest BCUT2D eigenvalue weighted by Crippen LogP contribution is 2.23. The number of aromatic nitrogens is 1. The first-order valence-electron chi connectivity index (χ1n) is 5.89.